The van der Waals surface area contributed by atoms with Gasteiger partial charge >= 0.3 is 0 Å². The third-order valence-electron chi connectivity index (χ3n) is 9.37. The summed E-state index contributed by atoms with van der Waals surface area (Å²) in [6.45, 7) is 10.5. The Hall–Kier alpha value is -1.95. The van der Waals surface area contributed by atoms with Crippen molar-refractivity contribution in [1.82, 2.24) is 5.32 Å². The maximum absolute atomic E-state index is 13.9. The number of amides is 1. The van der Waals surface area contributed by atoms with Crippen LogP contribution in [0.5, 0.6) is 0 Å². The first-order valence-corrected chi connectivity index (χ1v) is 12.4. The Kier molecular flexibility index (Phi) is 5.58. The molecule has 1 aromatic rings. The number of aliphatic hydroxyl groups excluding tert-OH is 3. The summed E-state index contributed by atoms with van der Waals surface area (Å²) in [6.07, 6.45) is 1.55. The van der Waals surface area contributed by atoms with E-state index >= 15 is 0 Å². The molecule has 33 heavy (non-hydrogen) atoms. The van der Waals surface area contributed by atoms with Crippen molar-refractivity contribution in [3.63, 3.8) is 0 Å². The van der Waals surface area contributed by atoms with E-state index in [2.05, 4.69) is 31.8 Å². The monoisotopic (exact) mass is 451 g/mol. The van der Waals surface area contributed by atoms with Gasteiger partial charge in [0.05, 0.1) is 23.7 Å². The van der Waals surface area contributed by atoms with Gasteiger partial charge in [-0.05, 0) is 55.1 Å². The number of allylic oxidation sites excluding steroid dienone is 1. The van der Waals surface area contributed by atoms with E-state index in [0.29, 0.717) is 17.9 Å². The van der Waals surface area contributed by atoms with Gasteiger partial charge in [-0.2, -0.15) is 0 Å². The molecular weight excluding hydrogens is 414 g/mol. The maximum Gasteiger partial charge on any atom is 0.229 e. The normalized spacial score (nSPS) is 47.0. The Morgan fingerprint density at radius 3 is 2.52 bits per heavy atom. The molecule has 5 rings (SSSR count). The Bertz CT molecular complexity index is 973. The second-order valence-electron chi connectivity index (χ2n) is 11.3. The third-order valence-corrected chi connectivity index (χ3v) is 9.37. The van der Waals surface area contributed by atoms with Gasteiger partial charge in [-0.25, -0.2) is 0 Å². The molecule has 5 heteroatoms. The number of carbonyl (C=O) groups is 1. The van der Waals surface area contributed by atoms with Crippen molar-refractivity contribution in [3.8, 4) is 0 Å². The minimum atomic E-state index is -1.25. The van der Waals surface area contributed by atoms with Gasteiger partial charge in [0.25, 0.3) is 0 Å². The highest BCUT2D eigenvalue weighted by Crippen LogP contribution is 2.63. The van der Waals surface area contributed by atoms with Gasteiger partial charge in [0.1, 0.15) is 0 Å². The van der Waals surface area contributed by atoms with Crippen molar-refractivity contribution in [2.24, 2.45) is 40.9 Å². The second-order valence-corrected chi connectivity index (χ2v) is 11.3. The lowest BCUT2D eigenvalue weighted by Crippen LogP contribution is -2.70. The van der Waals surface area contributed by atoms with Crippen LogP contribution in [0.4, 0.5) is 0 Å². The summed E-state index contributed by atoms with van der Waals surface area (Å²) in [7, 11) is 0. The number of carbonyl (C=O) groups excluding carboxylic acids is 1. The molecule has 5 nitrogen and oxygen atoms in total. The number of hydrogen-bond acceptors (Lipinski definition) is 4. The van der Waals surface area contributed by atoms with Crippen LogP contribution in [0, 0.1) is 40.9 Å². The van der Waals surface area contributed by atoms with Crippen molar-refractivity contribution >= 4 is 5.91 Å². The average Bonchev–Trinajstić information content (AvgIpc) is 2.95. The Morgan fingerprint density at radius 1 is 1.12 bits per heavy atom. The highest BCUT2D eigenvalue weighted by atomic mass is 16.3. The molecule has 1 spiro atoms. The van der Waals surface area contributed by atoms with Crippen LogP contribution >= 0.6 is 0 Å². The lowest BCUT2D eigenvalue weighted by Gasteiger charge is -2.60. The molecule has 1 aromatic carbocycles. The first-order chi connectivity index (χ1) is 15.7. The molecule has 0 aromatic heterocycles. The number of nitrogens with one attached hydrogen (secondary N) is 1. The quantitative estimate of drug-likeness (QED) is 0.521. The molecule has 1 heterocycles. The van der Waals surface area contributed by atoms with E-state index in [1.54, 1.807) is 0 Å². The summed E-state index contributed by atoms with van der Waals surface area (Å²) < 4.78 is 0. The molecule has 1 aliphatic heterocycles. The predicted octanol–water partition coefficient (Wildman–Crippen LogP) is 2.86. The Labute approximate surface area is 196 Å². The van der Waals surface area contributed by atoms with Crippen LogP contribution < -0.4 is 5.32 Å². The van der Waals surface area contributed by atoms with Gasteiger partial charge in [-0.3, -0.25) is 4.79 Å². The van der Waals surface area contributed by atoms with Crippen LogP contribution in [0.2, 0.25) is 0 Å². The molecule has 3 fully saturated rings. The van der Waals surface area contributed by atoms with Crippen molar-refractivity contribution in [2.45, 2.75) is 64.4 Å². The van der Waals surface area contributed by atoms with Crippen LogP contribution in [0.25, 0.3) is 0 Å². The summed E-state index contributed by atoms with van der Waals surface area (Å²) in [6, 6.07) is 9.84. The molecule has 1 saturated heterocycles. The largest absolute Gasteiger partial charge is 0.392 e. The highest BCUT2D eigenvalue weighted by molar-refractivity contribution is 5.88. The second kappa shape index (κ2) is 8.07. The zero-order valence-electron chi connectivity index (χ0n) is 19.8. The minimum Gasteiger partial charge on any atom is -0.392 e. The number of aliphatic hydroxyl groups is 3. The van der Waals surface area contributed by atoms with Crippen LogP contribution in [0.1, 0.15) is 39.2 Å². The molecule has 3 aliphatic carbocycles. The van der Waals surface area contributed by atoms with Crippen molar-refractivity contribution < 1.29 is 20.1 Å². The molecular formula is C28H37NO4. The van der Waals surface area contributed by atoms with Crippen LogP contribution in [-0.4, -0.2) is 45.6 Å². The molecule has 0 unspecified atom stereocenters. The molecule has 4 N–H and O–H groups in total. The average molecular weight is 452 g/mol. The minimum absolute atomic E-state index is 0.169. The van der Waals surface area contributed by atoms with Crippen LogP contribution in [-0.2, 0) is 11.2 Å². The first kappa shape index (κ1) is 22.8. The standard InChI is InChI=1S/C28H37NO4/c1-14-10-15(2)12-20-19(11-14)25(31)23-24(30)17(4)16(3)22-21(13-18-8-6-5-7-9-18)29-27(33)28(22,23)26(20)32/h5-9,12,14,16,19-26,30-32H,4,10-11,13H2,1-3H3,(H,29,33)/t14-,16-,19-,20+,21+,22+,23-,24-,25+,26-,28-/m1/s1. The van der Waals surface area contributed by atoms with E-state index in [0.717, 1.165) is 18.4 Å². The number of rotatable bonds is 2. The lowest BCUT2D eigenvalue weighted by atomic mass is 9.44. The van der Waals surface area contributed by atoms with Crippen molar-refractivity contribution in [1.29, 1.82) is 0 Å². The van der Waals surface area contributed by atoms with Gasteiger partial charge in [0.2, 0.25) is 5.91 Å². The van der Waals surface area contributed by atoms with Crippen LogP contribution in [0.3, 0.4) is 0 Å². The summed E-state index contributed by atoms with van der Waals surface area (Å²) >= 11 is 0. The molecule has 11 atom stereocenters. The molecule has 4 aliphatic rings. The maximum atomic E-state index is 13.9. The van der Waals surface area contributed by atoms with Gasteiger partial charge in [0, 0.05) is 23.8 Å². The van der Waals surface area contributed by atoms with Crippen molar-refractivity contribution in [2.75, 3.05) is 0 Å². The molecule has 2 saturated carbocycles. The summed E-state index contributed by atoms with van der Waals surface area (Å²) in [5.74, 6) is -1.55. The summed E-state index contributed by atoms with van der Waals surface area (Å²) in [5.41, 5.74) is 1.72. The summed E-state index contributed by atoms with van der Waals surface area (Å²) in [4.78, 5) is 13.9. The first-order valence-electron chi connectivity index (χ1n) is 12.4. The highest BCUT2D eigenvalue weighted by Gasteiger charge is 2.73. The zero-order chi connectivity index (χ0) is 23.7. The van der Waals surface area contributed by atoms with Gasteiger partial charge in [-0.15, -0.1) is 0 Å². The molecule has 1 amide bonds. The topological polar surface area (TPSA) is 89.8 Å². The van der Waals surface area contributed by atoms with E-state index in [4.69, 9.17) is 0 Å². The fourth-order valence-electron chi connectivity index (χ4n) is 8.09. The van der Waals surface area contributed by atoms with Gasteiger partial charge in [0.15, 0.2) is 0 Å². The molecule has 0 radical (unpaired) electrons. The van der Waals surface area contributed by atoms with E-state index in [1.165, 1.54) is 5.57 Å². The van der Waals surface area contributed by atoms with E-state index in [1.807, 2.05) is 37.3 Å². The zero-order valence-corrected chi connectivity index (χ0v) is 19.8. The van der Waals surface area contributed by atoms with Gasteiger partial charge in [-0.1, -0.05) is 62.4 Å². The van der Waals surface area contributed by atoms with E-state index < -0.39 is 29.6 Å². The third kappa shape index (κ3) is 3.19. The number of hydrogen-bond donors (Lipinski definition) is 4. The smallest absolute Gasteiger partial charge is 0.229 e. The molecule has 0 bridgehead atoms. The number of benzene rings is 1. The van der Waals surface area contributed by atoms with E-state index in [-0.39, 0.29) is 35.6 Å². The lowest BCUT2D eigenvalue weighted by molar-refractivity contribution is -0.215. The SMILES string of the molecule is C=C1[C@@H](C)[C@H]2[C@H](Cc3ccccc3)NC(=O)[C@@]23[C@@H]([C@@H](O)[C@@H]2C[C@H](C)CC(C)=C[C@@H]2[C@H]3O)[C@@H]1O. The van der Waals surface area contributed by atoms with E-state index in [9.17, 15) is 20.1 Å². The fourth-order valence-corrected chi connectivity index (χ4v) is 8.09. The van der Waals surface area contributed by atoms with Crippen molar-refractivity contribution in [3.05, 3.63) is 59.7 Å². The molecule has 178 valence electrons. The van der Waals surface area contributed by atoms with Crippen LogP contribution in [0.15, 0.2) is 54.1 Å². The number of fused-ring (bicyclic) bond motifs is 1. The fraction of sp³-hybridized carbons (Fsp3) is 0.607. The Balaban J connectivity index is 1.64. The predicted molar refractivity (Wildman–Crippen MR) is 127 cm³/mol. The van der Waals surface area contributed by atoms with Gasteiger partial charge < -0.3 is 20.6 Å². The summed E-state index contributed by atoms with van der Waals surface area (Å²) in [5, 5.41) is 38.3. The Morgan fingerprint density at radius 2 is 1.82 bits per heavy atom.